The maximum atomic E-state index is 14.4. The van der Waals surface area contributed by atoms with Gasteiger partial charge in [-0.1, -0.05) is 66.7 Å². The lowest BCUT2D eigenvalue weighted by Crippen LogP contribution is -2.55. The van der Waals surface area contributed by atoms with Crippen LogP contribution in [0, 0.1) is 0 Å². The number of carboxylic acid groups (broad SMARTS) is 1. The Morgan fingerprint density at radius 1 is 0.962 bits per heavy atom. The van der Waals surface area contributed by atoms with Crippen molar-refractivity contribution in [3.05, 3.63) is 102 Å². The number of aromatic nitrogens is 1. The molecule has 0 aliphatic carbocycles. The van der Waals surface area contributed by atoms with E-state index in [2.05, 4.69) is 10.6 Å². The summed E-state index contributed by atoms with van der Waals surface area (Å²) in [5, 5.41) is 16.3. The Hall–Kier alpha value is -5.91. The highest BCUT2D eigenvalue weighted by Gasteiger charge is 2.44. The quantitative estimate of drug-likeness (QED) is 0.220. The standard InChI is InChI=1S/C41H44N4O8/c1-41(2,3)53-40(50)44-31-16-9-8-11-25-12-10-13-26(19-25)20-34(39(48)49)43-37(46)35-22-29(24-45(35)38(31)47)52-36-23-32(27-14-6-5-7-15-27)42-33-21-28(51-4)17-18-30(33)36/h5-10,12-15,17-19,21,23,29,31,34-35H,11,16,20,22,24H2,1-4H3,(H,43,46)(H,44,50)(H,48,49)/b9-8-/t29-,31-,34+,35+/m1/s1. The van der Waals surface area contributed by atoms with E-state index < -0.39 is 53.7 Å². The summed E-state index contributed by atoms with van der Waals surface area (Å²) >= 11 is 0. The van der Waals surface area contributed by atoms with E-state index >= 15 is 0 Å². The van der Waals surface area contributed by atoms with E-state index in [-0.39, 0.29) is 25.8 Å². The minimum absolute atomic E-state index is 0.00765. The summed E-state index contributed by atoms with van der Waals surface area (Å²) in [5.74, 6) is -1.25. The molecule has 1 aromatic heterocycles. The molecule has 1 saturated heterocycles. The first-order chi connectivity index (χ1) is 25.4. The van der Waals surface area contributed by atoms with Gasteiger partial charge in [0.25, 0.3) is 0 Å². The molecule has 2 aliphatic heterocycles. The molecule has 3 amide bonds. The summed E-state index contributed by atoms with van der Waals surface area (Å²) in [4.78, 5) is 60.2. The van der Waals surface area contributed by atoms with Gasteiger partial charge >= 0.3 is 12.1 Å². The summed E-state index contributed by atoms with van der Waals surface area (Å²) in [5.41, 5.74) is 3.02. The fourth-order valence-corrected chi connectivity index (χ4v) is 6.62. The van der Waals surface area contributed by atoms with E-state index in [9.17, 15) is 24.3 Å². The lowest BCUT2D eigenvalue weighted by Gasteiger charge is -2.29. The van der Waals surface area contributed by atoms with Crippen LogP contribution in [0.2, 0.25) is 0 Å². The average molecular weight is 721 g/mol. The predicted molar refractivity (Wildman–Crippen MR) is 199 cm³/mol. The molecule has 3 N–H and O–H groups in total. The first-order valence-electron chi connectivity index (χ1n) is 17.6. The number of nitrogens with zero attached hydrogens (tertiary/aromatic N) is 2. The summed E-state index contributed by atoms with van der Waals surface area (Å²) in [7, 11) is 1.58. The van der Waals surface area contributed by atoms with Crippen LogP contribution < -0.4 is 20.1 Å². The largest absolute Gasteiger partial charge is 0.497 e. The third-order valence-electron chi connectivity index (χ3n) is 9.12. The van der Waals surface area contributed by atoms with Crippen molar-refractivity contribution in [3.63, 3.8) is 0 Å². The van der Waals surface area contributed by atoms with Crippen LogP contribution in [0.1, 0.15) is 44.7 Å². The highest BCUT2D eigenvalue weighted by atomic mass is 16.6. The number of rotatable bonds is 6. The molecule has 12 nitrogen and oxygen atoms in total. The van der Waals surface area contributed by atoms with Crippen LogP contribution in [0.5, 0.6) is 11.5 Å². The van der Waals surface area contributed by atoms with Crippen molar-refractivity contribution in [1.82, 2.24) is 20.5 Å². The number of methoxy groups -OCH3 is 1. The first kappa shape index (κ1) is 36.9. The van der Waals surface area contributed by atoms with Crippen LogP contribution in [0.3, 0.4) is 0 Å². The number of hydrogen-bond acceptors (Lipinski definition) is 8. The fourth-order valence-electron chi connectivity index (χ4n) is 6.62. The van der Waals surface area contributed by atoms with Crippen molar-refractivity contribution < 1.29 is 38.5 Å². The van der Waals surface area contributed by atoms with Gasteiger partial charge in [0.15, 0.2) is 0 Å². The second-order valence-electron chi connectivity index (χ2n) is 14.3. The molecular formula is C41H44N4O8. The molecule has 0 spiro atoms. The predicted octanol–water partition coefficient (Wildman–Crippen LogP) is 5.47. The first-order valence-corrected chi connectivity index (χ1v) is 17.6. The number of nitrogens with one attached hydrogen (secondary N) is 2. The van der Waals surface area contributed by atoms with Gasteiger partial charge in [0.1, 0.15) is 41.3 Å². The number of carbonyl (C=O) groups is 4. The molecule has 276 valence electrons. The van der Waals surface area contributed by atoms with Crippen molar-refractivity contribution in [2.24, 2.45) is 0 Å². The number of hydrogen-bond donors (Lipinski definition) is 3. The number of amides is 3. The van der Waals surface area contributed by atoms with Crippen LogP contribution in [-0.2, 0) is 32.0 Å². The maximum Gasteiger partial charge on any atom is 0.408 e. The maximum absolute atomic E-state index is 14.4. The number of alkyl carbamates (subject to hydrolysis) is 1. The molecule has 2 bridgehead atoms. The Morgan fingerprint density at radius 2 is 1.74 bits per heavy atom. The number of carbonyl (C=O) groups excluding carboxylic acids is 3. The van der Waals surface area contributed by atoms with Crippen LogP contribution in [0.4, 0.5) is 4.79 Å². The molecule has 0 unspecified atom stereocenters. The van der Waals surface area contributed by atoms with Gasteiger partial charge in [-0.25, -0.2) is 14.6 Å². The van der Waals surface area contributed by atoms with Crippen molar-refractivity contribution in [3.8, 4) is 22.8 Å². The molecule has 2 aliphatic rings. The lowest BCUT2D eigenvalue weighted by atomic mass is 10.0. The third-order valence-corrected chi connectivity index (χ3v) is 9.12. The third kappa shape index (κ3) is 9.12. The van der Waals surface area contributed by atoms with E-state index in [0.29, 0.717) is 34.5 Å². The van der Waals surface area contributed by atoms with Crippen LogP contribution >= 0.6 is 0 Å². The highest BCUT2D eigenvalue weighted by molar-refractivity contribution is 5.94. The van der Waals surface area contributed by atoms with Gasteiger partial charge < -0.3 is 34.9 Å². The van der Waals surface area contributed by atoms with E-state index in [1.54, 1.807) is 33.9 Å². The van der Waals surface area contributed by atoms with Gasteiger partial charge in [-0.2, -0.15) is 0 Å². The molecule has 0 saturated carbocycles. The Bertz CT molecular complexity index is 2030. The number of pyridine rings is 1. The molecule has 12 heteroatoms. The summed E-state index contributed by atoms with van der Waals surface area (Å²) in [6, 6.07) is 21.0. The van der Waals surface area contributed by atoms with Crippen LogP contribution in [0.25, 0.3) is 22.2 Å². The van der Waals surface area contributed by atoms with E-state index in [1.807, 2.05) is 84.9 Å². The van der Waals surface area contributed by atoms with Gasteiger partial charge in [-0.15, -0.1) is 0 Å². The lowest BCUT2D eigenvalue weighted by molar-refractivity contribution is -0.144. The zero-order valence-electron chi connectivity index (χ0n) is 30.2. The number of ether oxygens (including phenoxy) is 3. The number of carboxylic acids is 1. The zero-order valence-corrected chi connectivity index (χ0v) is 30.2. The smallest absolute Gasteiger partial charge is 0.408 e. The number of aliphatic carboxylic acids is 1. The van der Waals surface area contributed by atoms with Crippen molar-refractivity contribution in [2.75, 3.05) is 13.7 Å². The number of benzene rings is 3. The fraction of sp³-hybridized carbons (Fsp3) is 0.341. The van der Waals surface area contributed by atoms with Crippen molar-refractivity contribution in [1.29, 1.82) is 0 Å². The monoisotopic (exact) mass is 720 g/mol. The Morgan fingerprint density at radius 3 is 2.47 bits per heavy atom. The van der Waals surface area contributed by atoms with Crippen molar-refractivity contribution in [2.45, 2.75) is 76.3 Å². The van der Waals surface area contributed by atoms with Crippen LogP contribution in [-0.4, -0.2) is 82.4 Å². The SMILES string of the molecule is COc1ccc2c(O[C@@H]3C[C@H]4C(=O)N[C@H](C(=O)O)Cc5cccc(c5)C/C=C\C[C@@H](NC(=O)OC(C)(C)C)C(=O)N4C3)cc(-c3ccccc3)nc2c1. The topological polar surface area (TPSA) is 156 Å². The van der Waals surface area contributed by atoms with Crippen LogP contribution in [0.15, 0.2) is 91.0 Å². The molecule has 53 heavy (non-hydrogen) atoms. The van der Waals surface area contributed by atoms with Gasteiger partial charge in [0.05, 0.1) is 24.9 Å². The highest BCUT2D eigenvalue weighted by Crippen LogP contribution is 2.35. The van der Waals surface area contributed by atoms with Gasteiger partial charge in [0.2, 0.25) is 11.8 Å². The normalized spacial score (nSPS) is 21.4. The van der Waals surface area contributed by atoms with E-state index in [1.165, 1.54) is 4.90 Å². The summed E-state index contributed by atoms with van der Waals surface area (Å²) in [6.07, 6.45) is 3.02. The minimum atomic E-state index is -1.25. The number of fused-ring (bicyclic) bond motifs is 4. The second kappa shape index (κ2) is 15.8. The van der Waals surface area contributed by atoms with E-state index in [4.69, 9.17) is 19.2 Å². The Balaban J connectivity index is 1.36. The Kier molecular flexibility index (Phi) is 11.0. The summed E-state index contributed by atoms with van der Waals surface area (Å²) < 4.78 is 17.6. The van der Waals surface area contributed by atoms with Gasteiger partial charge in [-0.05, 0) is 56.9 Å². The molecule has 4 atom stereocenters. The van der Waals surface area contributed by atoms with Crippen molar-refractivity contribution >= 4 is 34.8 Å². The van der Waals surface area contributed by atoms with Gasteiger partial charge in [0, 0.05) is 35.9 Å². The molecule has 3 aromatic carbocycles. The van der Waals surface area contributed by atoms with E-state index in [0.717, 1.165) is 16.7 Å². The minimum Gasteiger partial charge on any atom is -0.497 e. The van der Waals surface area contributed by atoms with Gasteiger partial charge in [-0.3, -0.25) is 9.59 Å². The second-order valence-corrected chi connectivity index (χ2v) is 14.3. The number of allylic oxidation sites excluding steroid dienone is 1. The zero-order chi connectivity index (χ0) is 37.7. The average Bonchev–Trinajstić information content (AvgIpc) is 3.55. The molecule has 1 fully saturated rings. The Labute approximate surface area is 308 Å². The molecule has 6 rings (SSSR count). The molecule has 4 aromatic rings. The molecular weight excluding hydrogens is 676 g/mol. The molecule has 3 heterocycles. The summed E-state index contributed by atoms with van der Waals surface area (Å²) in [6.45, 7) is 5.17. The molecule has 0 radical (unpaired) electrons.